The van der Waals surface area contributed by atoms with Crippen LogP contribution in [0.15, 0.2) is 48.8 Å². The van der Waals surface area contributed by atoms with Crippen molar-refractivity contribution in [2.45, 2.75) is 52.7 Å². The third kappa shape index (κ3) is 6.00. The molecule has 1 amide bonds. The number of benzene rings is 2. The fraction of sp³-hybridized carbons (Fsp3) is 0.387. The molecule has 0 unspecified atom stereocenters. The topological polar surface area (TPSA) is 119 Å². The molecule has 0 bridgehead atoms. The summed E-state index contributed by atoms with van der Waals surface area (Å²) in [4.78, 5) is 36.4. The van der Waals surface area contributed by atoms with Crippen LogP contribution in [0.4, 0.5) is 27.8 Å². The Morgan fingerprint density at radius 2 is 1.98 bits per heavy atom. The van der Waals surface area contributed by atoms with Crippen LogP contribution in [0.1, 0.15) is 38.3 Å². The summed E-state index contributed by atoms with van der Waals surface area (Å²) in [7, 11) is 3.41. The minimum Gasteiger partial charge on any atom is -0.444 e. The Hall–Kier alpha value is -4.67. The van der Waals surface area contributed by atoms with Gasteiger partial charge in [0, 0.05) is 63.1 Å². The number of amides is 1. The predicted octanol–water partition coefficient (Wildman–Crippen LogP) is 6.31. The molecule has 1 aliphatic heterocycles. The van der Waals surface area contributed by atoms with Gasteiger partial charge in [0.2, 0.25) is 5.95 Å². The van der Waals surface area contributed by atoms with Crippen LogP contribution in [-0.2, 0) is 17.7 Å². The van der Waals surface area contributed by atoms with Gasteiger partial charge in [-0.1, -0.05) is 18.2 Å². The van der Waals surface area contributed by atoms with Crippen molar-refractivity contribution < 1.29 is 14.5 Å². The SMILES string of the molecule is Cc1cc(N(C)CCN(C)C(=O)OC(C)(C)C)c([N+](=O)[O-])cc1Nc1nccc(-c2cn3c4c(cccc24)CCC3)n1. The fourth-order valence-corrected chi connectivity index (χ4v) is 5.27. The number of ether oxygens (including phenoxy) is 1. The number of rotatable bonds is 8. The number of aromatic nitrogens is 3. The summed E-state index contributed by atoms with van der Waals surface area (Å²) in [6, 6.07) is 11.6. The molecule has 11 nitrogen and oxygen atoms in total. The average Bonchev–Trinajstić information content (AvgIpc) is 3.32. The van der Waals surface area contributed by atoms with Gasteiger partial charge in [-0.2, -0.15) is 0 Å². The Bertz CT molecular complexity index is 1660. The number of nitrogens with zero attached hydrogens (tertiary/aromatic N) is 6. The highest BCUT2D eigenvalue weighted by Gasteiger charge is 2.23. The van der Waals surface area contributed by atoms with Crippen molar-refractivity contribution in [2.75, 3.05) is 37.4 Å². The molecule has 3 heterocycles. The molecule has 42 heavy (non-hydrogen) atoms. The third-order valence-corrected chi connectivity index (χ3v) is 7.41. The number of carbonyl (C=O) groups excluding carboxylic acids is 1. The number of hydrogen-bond acceptors (Lipinski definition) is 8. The van der Waals surface area contributed by atoms with Gasteiger partial charge in [0.1, 0.15) is 11.3 Å². The molecule has 2 aromatic heterocycles. The molecule has 4 aromatic rings. The first-order valence-corrected chi connectivity index (χ1v) is 14.1. The van der Waals surface area contributed by atoms with Crippen molar-refractivity contribution in [1.82, 2.24) is 19.4 Å². The summed E-state index contributed by atoms with van der Waals surface area (Å²) in [5, 5.41) is 16.5. The highest BCUT2D eigenvalue weighted by molar-refractivity contribution is 5.97. The van der Waals surface area contributed by atoms with Gasteiger partial charge in [-0.3, -0.25) is 10.1 Å². The normalized spacial score (nSPS) is 12.7. The third-order valence-electron chi connectivity index (χ3n) is 7.41. The first kappa shape index (κ1) is 28.8. The van der Waals surface area contributed by atoms with Gasteiger partial charge in [0.25, 0.3) is 5.69 Å². The van der Waals surface area contributed by atoms with Crippen molar-refractivity contribution in [3.8, 4) is 11.3 Å². The molecule has 1 N–H and O–H groups in total. The number of carbonyl (C=O) groups is 1. The number of aryl methyl sites for hydroxylation is 3. The molecule has 0 fully saturated rings. The van der Waals surface area contributed by atoms with Crippen molar-refractivity contribution in [2.24, 2.45) is 0 Å². The van der Waals surface area contributed by atoms with Crippen LogP contribution in [0, 0.1) is 17.0 Å². The zero-order chi connectivity index (χ0) is 30.2. The molecule has 2 aromatic carbocycles. The average molecular weight is 572 g/mol. The van der Waals surface area contributed by atoms with Gasteiger partial charge in [-0.15, -0.1) is 0 Å². The molecule has 5 rings (SSSR count). The first-order chi connectivity index (χ1) is 19.9. The molecule has 0 radical (unpaired) electrons. The lowest BCUT2D eigenvalue weighted by Crippen LogP contribution is -2.38. The van der Waals surface area contributed by atoms with Crippen molar-refractivity contribution >= 4 is 40.0 Å². The number of likely N-dealkylation sites (N-methyl/N-ethyl adjacent to an activating group) is 2. The molecule has 1 aliphatic rings. The van der Waals surface area contributed by atoms with Crippen molar-refractivity contribution in [3.63, 3.8) is 0 Å². The van der Waals surface area contributed by atoms with Crippen molar-refractivity contribution in [1.29, 1.82) is 0 Å². The molecule has 0 atom stereocenters. The summed E-state index contributed by atoms with van der Waals surface area (Å²) >= 11 is 0. The molecule has 0 aliphatic carbocycles. The number of nitrogens with one attached hydrogen (secondary N) is 1. The Labute approximate surface area is 245 Å². The maximum Gasteiger partial charge on any atom is 0.410 e. The Morgan fingerprint density at radius 3 is 2.71 bits per heavy atom. The molecule has 0 spiro atoms. The number of para-hydroxylation sites is 1. The van der Waals surface area contributed by atoms with Gasteiger partial charge in [0.15, 0.2) is 0 Å². The lowest BCUT2D eigenvalue weighted by Gasteiger charge is -2.27. The number of hydrogen-bond donors (Lipinski definition) is 1. The van der Waals surface area contributed by atoms with E-state index in [9.17, 15) is 14.9 Å². The van der Waals surface area contributed by atoms with Crippen molar-refractivity contribution in [3.05, 3.63) is 70.0 Å². The fourth-order valence-electron chi connectivity index (χ4n) is 5.27. The van der Waals surface area contributed by atoms with Gasteiger partial charge in [-0.25, -0.2) is 14.8 Å². The summed E-state index contributed by atoms with van der Waals surface area (Å²) in [5.74, 6) is 0.358. The lowest BCUT2D eigenvalue weighted by molar-refractivity contribution is -0.384. The summed E-state index contributed by atoms with van der Waals surface area (Å²) in [5.41, 5.74) is 5.56. The number of anilines is 3. The van der Waals surface area contributed by atoms with E-state index in [4.69, 9.17) is 9.72 Å². The first-order valence-electron chi connectivity index (χ1n) is 14.1. The van der Waals surface area contributed by atoms with Gasteiger partial charge < -0.3 is 24.4 Å². The number of nitro benzene ring substituents is 1. The molecular weight excluding hydrogens is 534 g/mol. The molecule has 0 saturated carbocycles. The summed E-state index contributed by atoms with van der Waals surface area (Å²) < 4.78 is 7.70. The van der Waals surface area contributed by atoms with Gasteiger partial charge in [-0.05, 0) is 63.8 Å². The van der Waals surface area contributed by atoms with Crippen LogP contribution in [0.5, 0.6) is 0 Å². The number of nitro groups is 1. The highest BCUT2D eigenvalue weighted by Crippen LogP contribution is 2.36. The second-order valence-corrected chi connectivity index (χ2v) is 11.8. The summed E-state index contributed by atoms with van der Waals surface area (Å²) in [6.45, 7) is 8.99. The molecule has 0 saturated heterocycles. The van der Waals surface area contributed by atoms with E-state index in [0.29, 0.717) is 30.4 Å². The molecule has 11 heteroatoms. The molecule has 220 valence electrons. The van der Waals surface area contributed by atoms with Crippen LogP contribution in [0.3, 0.4) is 0 Å². The van der Waals surface area contributed by atoms with Crippen LogP contribution in [-0.4, -0.2) is 63.2 Å². The van der Waals surface area contributed by atoms with E-state index in [2.05, 4.69) is 39.3 Å². The Kier molecular flexibility index (Phi) is 7.77. The minimum absolute atomic E-state index is 0.0596. The van der Waals surface area contributed by atoms with E-state index < -0.39 is 16.6 Å². The quantitative estimate of drug-likeness (QED) is 0.193. The van der Waals surface area contributed by atoms with Crippen LogP contribution < -0.4 is 10.2 Å². The van der Waals surface area contributed by atoms with Gasteiger partial charge >= 0.3 is 6.09 Å². The highest BCUT2D eigenvalue weighted by atomic mass is 16.6. The van der Waals surface area contributed by atoms with E-state index in [1.165, 1.54) is 22.0 Å². The van der Waals surface area contributed by atoms with E-state index >= 15 is 0 Å². The smallest absolute Gasteiger partial charge is 0.410 e. The maximum absolute atomic E-state index is 12.3. The zero-order valence-corrected chi connectivity index (χ0v) is 25.0. The summed E-state index contributed by atoms with van der Waals surface area (Å²) in [6.07, 6.45) is 5.59. The van der Waals surface area contributed by atoms with E-state index in [0.717, 1.165) is 41.6 Å². The maximum atomic E-state index is 12.3. The van der Waals surface area contributed by atoms with Crippen LogP contribution in [0.2, 0.25) is 0 Å². The second kappa shape index (κ2) is 11.3. The van der Waals surface area contributed by atoms with E-state index in [1.54, 1.807) is 31.3 Å². The second-order valence-electron chi connectivity index (χ2n) is 11.8. The monoisotopic (exact) mass is 571 g/mol. The lowest BCUT2D eigenvalue weighted by atomic mass is 10.0. The van der Waals surface area contributed by atoms with E-state index in [1.807, 2.05) is 33.8 Å². The Morgan fingerprint density at radius 1 is 1.19 bits per heavy atom. The standard InChI is InChI=1S/C31H37N7O4/c1-20-17-26(35(5)15-16-36(6)30(39)42-31(2,3)4)27(38(40)41)18-25(20)34-29-32-13-12-24(33-29)23-19-37-14-8-10-21-9-7-11-22(23)28(21)37/h7,9,11-13,17-19H,8,10,14-16H2,1-6H3,(H,32,33,34). The Balaban J connectivity index is 1.37. The van der Waals surface area contributed by atoms with Gasteiger partial charge in [0.05, 0.1) is 21.8 Å². The van der Waals surface area contributed by atoms with Crippen LogP contribution >= 0.6 is 0 Å². The van der Waals surface area contributed by atoms with Crippen LogP contribution in [0.25, 0.3) is 22.2 Å². The zero-order valence-electron chi connectivity index (χ0n) is 25.0. The molecular formula is C31H37N7O4. The largest absolute Gasteiger partial charge is 0.444 e. The van der Waals surface area contributed by atoms with E-state index in [-0.39, 0.29) is 5.69 Å². The minimum atomic E-state index is -0.602. The predicted molar refractivity (Wildman–Crippen MR) is 165 cm³/mol.